The van der Waals surface area contributed by atoms with E-state index in [4.69, 9.17) is 0 Å². The fourth-order valence-corrected chi connectivity index (χ4v) is 5.06. The third-order valence-corrected chi connectivity index (χ3v) is 7.32. The van der Waals surface area contributed by atoms with E-state index in [9.17, 15) is 14.6 Å². The van der Waals surface area contributed by atoms with E-state index < -0.39 is 11.2 Å². The molecular formula is C30H31FN8O2. The minimum atomic E-state index is -1.34. The molecule has 0 aliphatic carbocycles. The Morgan fingerprint density at radius 2 is 1.66 bits per heavy atom. The molecular weight excluding hydrogens is 523 g/mol. The Kier molecular flexibility index (Phi) is 6.63. The zero-order chi connectivity index (χ0) is 28.8. The van der Waals surface area contributed by atoms with Crippen molar-refractivity contribution < 1.29 is 14.6 Å². The van der Waals surface area contributed by atoms with Gasteiger partial charge in [-0.2, -0.15) is 10.2 Å². The van der Waals surface area contributed by atoms with E-state index in [0.717, 1.165) is 41.0 Å². The summed E-state index contributed by atoms with van der Waals surface area (Å²) in [5, 5.41) is 30.0. The number of hydrogen-bond acceptors (Lipinski definition) is 8. The molecule has 5 heterocycles. The third kappa shape index (κ3) is 5.46. The van der Waals surface area contributed by atoms with E-state index in [1.54, 1.807) is 62.5 Å². The maximum atomic E-state index is 13.3. The number of fused-ring (bicyclic) bond motifs is 1. The molecule has 6 rings (SSSR count). The van der Waals surface area contributed by atoms with Gasteiger partial charge in [0.15, 0.2) is 11.6 Å². The summed E-state index contributed by atoms with van der Waals surface area (Å²) in [5.74, 6) is 1.09. The molecule has 1 aromatic carbocycles. The van der Waals surface area contributed by atoms with E-state index in [-0.39, 0.29) is 5.82 Å². The van der Waals surface area contributed by atoms with Crippen molar-refractivity contribution in [3.8, 4) is 11.1 Å². The van der Waals surface area contributed by atoms with Crippen molar-refractivity contribution in [3.63, 3.8) is 0 Å². The number of halogens is 1. The standard InChI is InChI=1S/C30H31FN8O2/c1-29(2,40)18-38-16-22(13-35-38)21-12-26-28(34-19-36-39(26)17-21)37-10-8-20(9-11-37)27-32-14-24(15-33-27)30(3,41)23-4-6-25(31)7-5-23/h4-8,12-17,19,40-41H,9-11,18H2,1-3H3/t30-/m0/s1. The van der Waals surface area contributed by atoms with Crippen LogP contribution in [0, 0.1) is 5.82 Å². The minimum absolute atomic E-state index is 0.357. The highest BCUT2D eigenvalue weighted by atomic mass is 19.1. The molecule has 5 aromatic rings. The van der Waals surface area contributed by atoms with Crippen LogP contribution < -0.4 is 4.90 Å². The van der Waals surface area contributed by atoms with E-state index in [1.165, 1.54) is 12.1 Å². The topological polar surface area (TPSA) is 117 Å². The molecule has 41 heavy (non-hydrogen) atoms. The van der Waals surface area contributed by atoms with Crippen molar-refractivity contribution in [2.24, 2.45) is 0 Å². The number of nitrogens with zero attached hydrogens (tertiary/aromatic N) is 8. The van der Waals surface area contributed by atoms with Gasteiger partial charge in [-0.05, 0) is 56.5 Å². The van der Waals surface area contributed by atoms with Crippen molar-refractivity contribution in [2.75, 3.05) is 18.0 Å². The average Bonchev–Trinajstić information content (AvgIpc) is 3.59. The van der Waals surface area contributed by atoms with Gasteiger partial charge < -0.3 is 15.1 Å². The molecule has 1 atom stereocenters. The van der Waals surface area contributed by atoms with Gasteiger partial charge in [0.2, 0.25) is 0 Å². The molecule has 210 valence electrons. The van der Waals surface area contributed by atoms with Gasteiger partial charge in [0, 0.05) is 54.6 Å². The third-order valence-electron chi connectivity index (χ3n) is 7.32. The lowest BCUT2D eigenvalue weighted by atomic mass is 9.90. The Bertz CT molecular complexity index is 1720. The minimum Gasteiger partial charge on any atom is -0.389 e. The van der Waals surface area contributed by atoms with Crippen LogP contribution in [0.2, 0.25) is 0 Å². The van der Waals surface area contributed by atoms with E-state index in [1.807, 2.05) is 16.9 Å². The molecule has 11 heteroatoms. The molecule has 1 aliphatic heterocycles. The molecule has 0 radical (unpaired) electrons. The second-order valence-electron chi connectivity index (χ2n) is 11.2. The quantitative estimate of drug-likeness (QED) is 0.312. The predicted octanol–water partition coefficient (Wildman–Crippen LogP) is 3.84. The molecule has 4 aromatic heterocycles. The zero-order valence-corrected chi connectivity index (χ0v) is 23.1. The molecule has 0 spiro atoms. The lowest BCUT2D eigenvalue weighted by Gasteiger charge is -2.27. The highest BCUT2D eigenvalue weighted by Gasteiger charge is 2.27. The van der Waals surface area contributed by atoms with Gasteiger partial charge in [0.1, 0.15) is 23.3 Å². The largest absolute Gasteiger partial charge is 0.389 e. The highest BCUT2D eigenvalue weighted by Crippen LogP contribution is 2.31. The van der Waals surface area contributed by atoms with Crippen molar-refractivity contribution >= 4 is 16.9 Å². The Hall–Kier alpha value is -4.48. The van der Waals surface area contributed by atoms with Crippen LogP contribution in [-0.2, 0) is 12.1 Å². The SMILES string of the molecule is CC(C)(O)Cn1cc(-c2cc3c(N4CC=C(c5ncc([C@@](C)(O)c6ccc(F)cc6)cn5)CC4)ncnn3c2)cn1. The summed E-state index contributed by atoms with van der Waals surface area (Å²) in [6.45, 7) is 6.90. The average molecular weight is 555 g/mol. The Morgan fingerprint density at radius 3 is 2.34 bits per heavy atom. The number of aromatic nitrogens is 7. The number of anilines is 1. The second-order valence-corrected chi connectivity index (χ2v) is 11.2. The number of hydrogen-bond donors (Lipinski definition) is 2. The summed E-state index contributed by atoms with van der Waals surface area (Å²) in [5.41, 5.74) is 2.71. The fraction of sp³-hybridized carbons (Fsp3) is 0.300. The first-order chi connectivity index (χ1) is 19.6. The first-order valence-electron chi connectivity index (χ1n) is 13.4. The molecule has 0 bridgehead atoms. The maximum absolute atomic E-state index is 13.3. The Labute approximate surface area is 236 Å². The van der Waals surface area contributed by atoms with E-state index in [0.29, 0.717) is 30.0 Å². The summed E-state index contributed by atoms with van der Waals surface area (Å²) in [6, 6.07) is 7.82. The van der Waals surface area contributed by atoms with Crippen molar-refractivity contribution in [3.05, 3.63) is 96.5 Å². The van der Waals surface area contributed by atoms with Crippen LogP contribution in [0.1, 0.15) is 44.1 Å². The second kappa shape index (κ2) is 10.2. The predicted molar refractivity (Wildman–Crippen MR) is 152 cm³/mol. The van der Waals surface area contributed by atoms with Crippen LogP contribution in [0.15, 0.2) is 73.7 Å². The monoisotopic (exact) mass is 554 g/mol. The Balaban J connectivity index is 1.19. The lowest BCUT2D eigenvalue weighted by Crippen LogP contribution is -2.30. The maximum Gasteiger partial charge on any atom is 0.156 e. The van der Waals surface area contributed by atoms with Crippen LogP contribution in [-0.4, -0.2) is 63.3 Å². The number of aliphatic hydroxyl groups is 2. The van der Waals surface area contributed by atoms with Crippen molar-refractivity contribution in [1.82, 2.24) is 34.3 Å². The summed E-state index contributed by atoms with van der Waals surface area (Å²) >= 11 is 0. The summed E-state index contributed by atoms with van der Waals surface area (Å²) < 4.78 is 16.9. The number of benzene rings is 1. The summed E-state index contributed by atoms with van der Waals surface area (Å²) in [6.07, 6.45) is 13.3. The molecule has 10 nitrogen and oxygen atoms in total. The van der Waals surface area contributed by atoms with Crippen LogP contribution in [0.5, 0.6) is 0 Å². The number of rotatable bonds is 7. The first-order valence-corrected chi connectivity index (χ1v) is 13.4. The van der Waals surface area contributed by atoms with Gasteiger partial charge in [0.25, 0.3) is 0 Å². The van der Waals surface area contributed by atoms with Crippen LogP contribution in [0.25, 0.3) is 22.2 Å². The van der Waals surface area contributed by atoms with Gasteiger partial charge in [-0.1, -0.05) is 18.2 Å². The van der Waals surface area contributed by atoms with Gasteiger partial charge in [0.05, 0.1) is 18.3 Å². The van der Waals surface area contributed by atoms with Crippen LogP contribution in [0.3, 0.4) is 0 Å². The fourth-order valence-electron chi connectivity index (χ4n) is 5.06. The molecule has 0 unspecified atom stereocenters. The van der Waals surface area contributed by atoms with Gasteiger partial charge in [-0.15, -0.1) is 0 Å². The molecule has 0 saturated heterocycles. The zero-order valence-electron chi connectivity index (χ0n) is 23.1. The van der Waals surface area contributed by atoms with E-state index in [2.05, 4.69) is 42.2 Å². The first kappa shape index (κ1) is 26.7. The molecule has 0 fully saturated rings. The Morgan fingerprint density at radius 1 is 0.902 bits per heavy atom. The molecule has 1 aliphatic rings. The normalized spacial score (nSPS) is 15.7. The molecule has 2 N–H and O–H groups in total. The van der Waals surface area contributed by atoms with Gasteiger partial charge in [-0.3, -0.25) is 4.68 Å². The van der Waals surface area contributed by atoms with Crippen LogP contribution >= 0.6 is 0 Å². The highest BCUT2D eigenvalue weighted by molar-refractivity contribution is 5.78. The van der Waals surface area contributed by atoms with Gasteiger partial charge >= 0.3 is 0 Å². The van der Waals surface area contributed by atoms with Crippen molar-refractivity contribution in [2.45, 2.75) is 44.9 Å². The van der Waals surface area contributed by atoms with E-state index >= 15 is 0 Å². The summed E-state index contributed by atoms with van der Waals surface area (Å²) in [4.78, 5) is 15.9. The van der Waals surface area contributed by atoms with Crippen molar-refractivity contribution in [1.29, 1.82) is 0 Å². The van der Waals surface area contributed by atoms with Gasteiger partial charge in [-0.25, -0.2) is 23.9 Å². The molecule has 0 saturated carbocycles. The van der Waals surface area contributed by atoms with Crippen LogP contribution in [0.4, 0.5) is 10.2 Å². The lowest BCUT2D eigenvalue weighted by molar-refractivity contribution is 0.0577. The smallest absolute Gasteiger partial charge is 0.156 e. The molecule has 0 amide bonds. The summed E-state index contributed by atoms with van der Waals surface area (Å²) in [7, 11) is 0.